The molecule has 0 fully saturated rings. The van der Waals surface area contributed by atoms with Gasteiger partial charge in [-0.1, -0.05) is 60.7 Å². The summed E-state index contributed by atoms with van der Waals surface area (Å²) < 4.78 is 21.6. The molecule has 0 amide bonds. The van der Waals surface area contributed by atoms with E-state index in [1.54, 1.807) is 60.7 Å². The van der Waals surface area contributed by atoms with Crippen LogP contribution in [0, 0.1) is 11.6 Å². The number of rotatable bonds is 5. The Kier molecular flexibility index (Phi) is 6.32. The second-order valence-corrected chi connectivity index (χ2v) is 6.83. The van der Waals surface area contributed by atoms with E-state index in [4.69, 9.17) is 9.05 Å². The van der Waals surface area contributed by atoms with Crippen LogP contribution < -0.4 is 0 Å². The Labute approximate surface area is 146 Å². The van der Waals surface area contributed by atoms with Gasteiger partial charge in [0.25, 0.3) is 0 Å². The van der Waals surface area contributed by atoms with Gasteiger partial charge in [-0.25, -0.2) is 4.57 Å². The molecule has 5 nitrogen and oxygen atoms in total. The molecule has 0 aliphatic heterocycles. The van der Waals surface area contributed by atoms with E-state index in [2.05, 4.69) is 11.6 Å². The van der Waals surface area contributed by atoms with Gasteiger partial charge in [-0.3, -0.25) is 4.79 Å². The fourth-order valence-corrected chi connectivity index (χ4v) is 2.57. The van der Waals surface area contributed by atoms with Crippen molar-refractivity contribution < 1.29 is 23.5 Å². The summed E-state index contributed by atoms with van der Waals surface area (Å²) in [7, 11) is -1.27. The number of carbonyl (C=O) groups is 1. The van der Waals surface area contributed by atoms with Gasteiger partial charge in [0, 0.05) is 31.0 Å². The summed E-state index contributed by atoms with van der Waals surface area (Å²) in [6.45, 7) is 0. The monoisotopic (exact) mass is 356 g/mol. The summed E-state index contributed by atoms with van der Waals surface area (Å²) in [4.78, 5) is 12.8. The second-order valence-electron chi connectivity index (χ2n) is 4.88. The zero-order valence-electron chi connectivity index (χ0n) is 13.8. The van der Waals surface area contributed by atoms with Crippen LogP contribution in [0.2, 0.25) is 0 Å². The maximum absolute atomic E-state index is 12.8. The Bertz CT molecular complexity index is 868. The van der Waals surface area contributed by atoms with Crippen molar-refractivity contribution in [3.05, 3.63) is 77.4 Å². The Morgan fingerprint density at radius 1 is 0.920 bits per heavy atom. The van der Waals surface area contributed by atoms with Gasteiger partial charge in [-0.15, -0.1) is 0 Å². The molecule has 2 aromatic rings. The van der Waals surface area contributed by atoms with Crippen molar-refractivity contribution in [1.82, 2.24) is 0 Å². The maximum atomic E-state index is 12.8. The molecule has 0 aliphatic rings. The van der Waals surface area contributed by atoms with Gasteiger partial charge in [0.2, 0.25) is 5.78 Å². The third-order valence-electron chi connectivity index (χ3n) is 3.35. The van der Waals surface area contributed by atoms with E-state index in [9.17, 15) is 14.5 Å². The normalized spacial score (nSPS) is 11.9. The highest BCUT2D eigenvalue weighted by Gasteiger charge is 2.20. The molecule has 2 rings (SSSR count). The SMILES string of the molecule is COP(=O)(C#C/C(C(=O)c1ccccc1)=C(\O)c1ccccc1)OC. The first-order chi connectivity index (χ1) is 12.0. The predicted octanol–water partition coefficient (Wildman–Crippen LogP) is 4.29. The molecule has 2 aromatic carbocycles. The summed E-state index contributed by atoms with van der Waals surface area (Å²) in [6.07, 6.45) is 0. The number of ketones is 1. The first-order valence-corrected chi connectivity index (χ1v) is 8.88. The fourth-order valence-electron chi connectivity index (χ4n) is 1.99. The fraction of sp³-hybridized carbons (Fsp3) is 0.105. The molecule has 0 spiro atoms. The number of aliphatic hydroxyl groups excluding tert-OH is 1. The van der Waals surface area contributed by atoms with E-state index < -0.39 is 13.4 Å². The number of allylic oxidation sites excluding steroid dienone is 1. The molecule has 6 heteroatoms. The van der Waals surface area contributed by atoms with Gasteiger partial charge < -0.3 is 14.2 Å². The van der Waals surface area contributed by atoms with Gasteiger partial charge in [0.05, 0.1) is 0 Å². The average Bonchev–Trinajstić information content (AvgIpc) is 2.68. The van der Waals surface area contributed by atoms with Crippen LogP contribution in [0.15, 0.2) is 66.2 Å². The lowest BCUT2D eigenvalue weighted by molar-refractivity contribution is 0.103. The molecular formula is C19H17O5P. The van der Waals surface area contributed by atoms with E-state index in [0.29, 0.717) is 11.1 Å². The van der Waals surface area contributed by atoms with Crippen LogP contribution in [-0.4, -0.2) is 25.1 Å². The van der Waals surface area contributed by atoms with E-state index in [1.165, 1.54) is 14.2 Å². The molecule has 0 atom stereocenters. The number of carbonyl (C=O) groups excluding carboxylic acids is 1. The van der Waals surface area contributed by atoms with Crippen LogP contribution in [0.3, 0.4) is 0 Å². The summed E-state index contributed by atoms with van der Waals surface area (Å²) in [5.41, 5.74) is 2.89. The van der Waals surface area contributed by atoms with Gasteiger partial charge in [-0.05, 0) is 5.92 Å². The minimum absolute atomic E-state index is 0.188. The first-order valence-electron chi connectivity index (χ1n) is 7.34. The molecule has 128 valence electrons. The van der Waals surface area contributed by atoms with Crippen LogP contribution in [0.5, 0.6) is 0 Å². The van der Waals surface area contributed by atoms with Gasteiger partial charge in [0.1, 0.15) is 11.3 Å². The Morgan fingerprint density at radius 2 is 1.40 bits per heavy atom. The van der Waals surface area contributed by atoms with E-state index >= 15 is 0 Å². The van der Waals surface area contributed by atoms with Crippen LogP contribution in [0.1, 0.15) is 15.9 Å². The van der Waals surface area contributed by atoms with E-state index in [0.717, 1.165) is 0 Å². The predicted molar refractivity (Wildman–Crippen MR) is 96.2 cm³/mol. The molecule has 0 aromatic heterocycles. The van der Waals surface area contributed by atoms with Crippen molar-refractivity contribution in [3.63, 3.8) is 0 Å². The third kappa shape index (κ3) is 4.68. The number of aliphatic hydroxyl groups is 1. The molecular weight excluding hydrogens is 339 g/mol. The topological polar surface area (TPSA) is 72.8 Å². The van der Waals surface area contributed by atoms with Crippen molar-refractivity contribution in [1.29, 1.82) is 0 Å². The molecule has 0 unspecified atom stereocenters. The maximum Gasteiger partial charge on any atom is 0.405 e. The highest BCUT2D eigenvalue weighted by atomic mass is 31.2. The molecule has 0 heterocycles. The molecule has 1 N–H and O–H groups in total. The van der Waals surface area contributed by atoms with Crippen molar-refractivity contribution in [2.45, 2.75) is 0 Å². The minimum Gasteiger partial charge on any atom is -0.506 e. The van der Waals surface area contributed by atoms with Crippen LogP contribution in [0.4, 0.5) is 0 Å². The Balaban J connectivity index is 2.59. The summed E-state index contributed by atoms with van der Waals surface area (Å²) in [6, 6.07) is 16.9. The molecule has 0 radical (unpaired) electrons. The third-order valence-corrected chi connectivity index (χ3v) is 4.69. The lowest BCUT2D eigenvalue weighted by atomic mass is 10.00. The molecule has 0 bridgehead atoms. The van der Waals surface area contributed by atoms with Crippen molar-refractivity contribution >= 4 is 19.1 Å². The quantitative estimate of drug-likeness (QED) is 0.284. The number of Topliss-reactive ketones (excluding diaryl/α,β-unsaturated/α-hetero) is 1. The highest BCUT2D eigenvalue weighted by Crippen LogP contribution is 2.45. The number of hydrogen-bond donors (Lipinski definition) is 1. The summed E-state index contributed by atoms with van der Waals surface area (Å²) >= 11 is 0. The van der Waals surface area contributed by atoms with Crippen molar-refractivity contribution in [2.24, 2.45) is 0 Å². The van der Waals surface area contributed by atoms with Crippen LogP contribution >= 0.6 is 7.60 Å². The van der Waals surface area contributed by atoms with Crippen LogP contribution in [-0.2, 0) is 13.6 Å². The molecule has 25 heavy (non-hydrogen) atoms. The zero-order valence-corrected chi connectivity index (χ0v) is 14.7. The highest BCUT2D eigenvalue weighted by molar-refractivity contribution is 7.59. The molecule has 0 aliphatic carbocycles. The summed E-state index contributed by atoms with van der Waals surface area (Å²) in [5.74, 6) is 1.68. The molecule has 0 saturated carbocycles. The van der Waals surface area contributed by atoms with Gasteiger partial charge in [0.15, 0.2) is 0 Å². The average molecular weight is 356 g/mol. The zero-order chi connectivity index (χ0) is 18.3. The molecule has 0 saturated heterocycles. The number of hydrogen-bond acceptors (Lipinski definition) is 5. The van der Waals surface area contributed by atoms with Crippen molar-refractivity contribution in [2.75, 3.05) is 14.2 Å². The Hall–Kier alpha value is -2.64. The standard InChI is InChI=1S/C19H17O5P/c1-23-25(22,24-2)14-13-17(18(20)15-9-5-3-6-10-15)19(21)16-11-7-4-8-12-16/h3-12,20H,1-2H3/b18-17+. The summed E-state index contributed by atoms with van der Waals surface area (Å²) in [5, 5.41) is 10.5. The lowest BCUT2D eigenvalue weighted by Gasteiger charge is -2.07. The van der Waals surface area contributed by atoms with Crippen molar-refractivity contribution in [3.8, 4) is 11.6 Å². The largest absolute Gasteiger partial charge is 0.506 e. The van der Waals surface area contributed by atoms with E-state index in [-0.39, 0.29) is 11.3 Å². The first kappa shape index (κ1) is 18.7. The lowest BCUT2D eigenvalue weighted by Crippen LogP contribution is -2.05. The number of benzene rings is 2. The van der Waals surface area contributed by atoms with Crippen LogP contribution in [0.25, 0.3) is 5.76 Å². The van der Waals surface area contributed by atoms with Gasteiger partial charge in [-0.2, -0.15) is 0 Å². The Morgan fingerprint density at radius 3 is 1.88 bits per heavy atom. The minimum atomic E-state index is -3.66. The second kappa shape index (κ2) is 8.46. The van der Waals surface area contributed by atoms with E-state index in [1.807, 2.05) is 0 Å². The smallest absolute Gasteiger partial charge is 0.405 e. The van der Waals surface area contributed by atoms with Gasteiger partial charge >= 0.3 is 7.60 Å².